The Morgan fingerprint density at radius 1 is 1.22 bits per heavy atom. The molecule has 0 radical (unpaired) electrons. The van der Waals surface area contributed by atoms with Gasteiger partial charge in [0, 0.05) is 11.2 Å². The van der Waals surface area contributed by atoms with E-state index < -0.39 is 0 Å². The van der Waals surface area contributed by atoms with Crippen LogP contribution in [0.5, 0.6) is 11.5 Å². The minimum atomic E-state index is 0.133. The van der Waals surface area contributed by atoms with Crippen LogP contribution < -0.4 is 9.47 Å². The molecule has 1 aliphatic rings. The van der Waals surface area contributed by atoms with E-state index in [0.717, 1.165) is 37.6 Å². The molecule has 1 unspecified atom stereocenters. The van der Waals surface area contributed by atoms with E-state index in [1.54, 1.807) is 0 Å². The fourth-order valence-electron chi connectivity index (χ4n) is 2.41. The monoisotopic (exact) mass is 312 g/mol. The van der Waals surface area contributed by atoms with Gasteiger partial charge in [-0.3, -0.25) is 0 Å². The molecule has 100 valence electrons. The van der Waals surface area contributed by atoms with E-state index in [2.05, 4.69) is 48.8 Å². The van der Waals surface area contributed by atoms with Gasteiger partial charge in [0.1, 0.15) is 0 Å². The summed E-state index contributed by atoms with van der Waals surface area (Å²) in [5.74, 6) is 1.76. The molecule has 2 rings (SSSR count). The number of alkyl halides is 1. The number of benzene rings is 1. The molecule has 1 aromatic carbocycles. The second-order valence-electron chi connectivity index (χ2n) is 5.58. The summed E-state index contributed by atoms with van der Waals surface area (Å²) in [6.07, 6.45) is 2.04. The van der Waals surface area contributed by atoms with Gasteiger partial charge in [-0.25, -0.2) is 0 Å². The highest BCUT2D eigenvalue weighted by Crippen LogP contribution is 2.37. The van der Waals surface area contributed by atoms with Crippen LogP contribution in [0.1, 0.15) is 39.2 Å². The Labute approximate surface area is 118 Å². The maximum Gasteiger partial charge on any atom is 0.161 e. The molecule has 0 saturated carbocycles. The summed E-state index contributed by atoms with van der Waals surface area (Å²) in [6.45, 7) is 8.21. The normalized spacial score (nSPS) is 17.1. The first-order valence-corrected chi connectivity index (χ1v) is 7.45. The zero-order valence-electron chi connectivity index (χ0n) is 11.3. The zero-order valence-corrected chi connectivity index (χ0v) is 12.9. The van der Waals surface area contributed by atoms with Gasteiger partial charge >= 0.3 is 0 Å². The van der Waals surface area contributed by atoms with Gasteiger partial charge in [-0.1, -0.05) is 42.8 Å². The third-order valence-electron chi connectivity index (χ3n) is 3.32. The van der Waals surface area contributed by atoms with Gasteiger partial charge < -0.3 is 9.47 Å². The maximum absolute atomic E-state index is 5.75. The predicted molar refractivity (Wildman–Crippen MR) is 78.1 cm³/mol. The Morgan fingerprint density at radius 3 is 2.56 bits per heavy atom. The van der Waals surface area contributed by atoms with Crippen LogP contribution in [0.3, 0.4) is 0 Å². The van der Waals surface area contributed by atoms with Gasteiger partial charge in [-0.05, 0) is 29.5 Å². The number of rotatable bonds is 3. The van der Waals surface area contributed by atoms with E-state index in [-0.39, 0.29) is 5.41 Å². The Morgan fingerprint density at radius 2 is 1.89 bits per heavy atom. The van der Waals surface area contributed by atoms with E-state index in [1.807, 2.05) is 6.07 Å². The van der Waals surface area contributed by atoms with Crippen LogP contribution in [0.15, 0.2) is 18.2 Å². The first-order valence-electron chi connectivity index (χ1n) is 6.53. The lowest BCUT2D eigenvalue weighted by Gasteiger charge is -2.27. The van der Waals surface area contributed by atoms with Gasteiger partial charge in [-0.2, -0.15) is 0 Å². The third-order valence-corrected chi connectivity index (χ3v) is 3.64. The summed E-state index contributed by atoms with van der Waals surface area (Å²) in [4.78, 5) is 0.503. The Hall–Kier alpha value is -0.700. The van der Waals surface area contributed by atoms with Crippen molar-refractivity contribution in [2.45, 2.75) is 43.9 Å². The Balaban J connectivity index is 2.27. The molecule has 3 heteroatoms. The highest BCUT2D eigenvalue weighted by Gasteiger charge is 2.24. The van der Waals surface area contributed by atoms with Crippen molar-refractivity contribution in [3.05, 3.63) is 23.8 Å². The van der Waals surface area contributed by atoms with E-state index >= 15 is 0 Å². The van der Waals surface area contributed by atoms with Crippen molar-refractivity contribution in [2.75, 3.05) is 13.2 Å². The molecule has 1 aromatic rings. The fraction of sp³-hybridized carbons (Fsp3) is 0.600. The van der Waals surface area contributed by atoms with Crippen molar-refractivity contribution in [1.82, 2.24) is 0 Å². The molecule has 0 spiro atoms. The first kappa shape index (κ1) is 13.7. The van der Waals surface area contributed by atoms with Crippen molar-refractivity contribution in [3.8, 4) is 11.5 Å². The van der Waals surface area contributed by atoms with Crippen molar-refractivity contribution < 1.29 is 9.47 Å². The standard InChI is InChI=1S/C15H21BrO2/c1-11(16)10-15(2,3)12-5-6-13-14(9-12)18-8-4-7-17-13/h5-6,9,11H,4,7-8,10H2,1-3H3. The Bertz CT molecular complexity index is 413. The molecular formula is C15H21BrO2. The van der Waals surface area contributed by atoms with Crippen molar-refractivity contribution in [2.24, 2.45) is 0 Å². The van der Waals surface area contributed by atoms with Gasteiger partial charge in [0.05, 0.1) is 13.2 Å². The van der Waals surface area contributed by atoms with Gasteiger partial charge in [-0.15, -0.1) is 0 Å². The van der Waals surface area contributed by atoms with Crippen LogP contribution in [0.4, 0.5) is 0 Å². The molecule has 1 atom stereocenters. The second kappa shape index (κ2) is 5.52. The lowest BCUT2D eigenvalue weighted by Crippen LogP contribution is -2.20. The van der Waals surface area contributed by atoms with Crippen LogP contribution in [-0.2, 0) is 5.41 Å². The third kappa shape index (κ3) is 3.19. The van der Waals surface area contributed by atoms with E-state index in [1.165, 1.54) is 5.56 Å². The highest BCUT2D eigenvalue weighted by atomic mass is 79.9. The average molecular weight is 313 g/mol. The van der Waals surface area contributed by atoms with Crippen LogP contribution in [0, 0.1) is 0 Å². The molecule has 1 aliphatic heterocycles. The maximum atomic E-state index is 5.75. The molecule has 2 nitrogen and oxygen atoms in total. The van der Waals surface area contributed by atoms with Gasteiger partial charge in [0.2, 0.25) is 0 Å². The lowest BCUT2D eigenvalue weighted by molar-refractivity contribution is 0.296. The number of fused-ring (bicyclic) bond motifs is 1. The minimum absolute atomic E-state index is 0.133. The van der Waals surface area contributed by atoms with Crippen molar-refractivity contribution >= 4 is 15.9 Å². The molecule has 0 aliphatic carbocycles. The van der Waals surface area contributed by atoms with Crippen LogP contribution in [0.25, 0.3) is 0 Å². The zero-order chi connectivity index (χ0) is 13.2. The van der Waals surface area contributed by atoms with Crippen molar-refractivity contribution in [1.29, 1.82) is 0 Å². The average Bonchev–Trinajstić information content (AvgIpc) is 2.51. The lowest BCUT2D eigenvalue weighted by atomic mass is 9.80. The van der Waals surface area contributed by atoms with E-state index in [9.17, 15) is 0 Å². The largest absolute Gasteiger partial charge is 0.490 e. The second-order valence-corrected chi connectivity index (χ2v) is 7.14. The topological polar surface area (TPSA) is 18.5 Å². The summed E-state index contributed by atoms with van der Waals surface area (Å²) in [5.41, 5.74) is 1.44. The number of ether oxygens (including phenoxy) is 2. The Kier molecular flexibility index (Phi) is 4.21. The van der Waals surface area contributed by atoms with Crippen LogP contribution >= 0.6 is 15.9 Å². The molecule has 0 aromatic heterocycles. The summed E-state index contributed by atoms with van der Waals surface area (Å²) >= 11 is 3.64. The van der Waals surface area contributed by atoms with Gasteiger partial charge in [0.25, 0.3) is 0 Å². The van der Waals surface area contributed by atoms with Gasteiger partial charge in [0.15, 0.2) is 11.5 Å². The molecule has 0 fully saturated rings. The summed E-state index contributed by atoms with van der Waals surface area (Å²) in [6, 6.07) is 6.33. The minimum Gasteiger partial charge on any atom is -0.490 e. The molecule has 0 saturated heterocycles. The van der Waals surface area contributed by atoms with E-state index in [0.29, 0.717) is 4.83 Å². The summed E-state index contributed by atoms with van der Waals surface area (Å²) in [7, 11) is 0. The highest BCUT2D eigenvalue weighted by molar-refractivity contribution is 9.09. The molecule has 18 heavy (non-hydrogen) atoms. The molecule has 0 N–H and O–H groups in total. The molecule has 0 bridgehead atoms. The number of hydrogen-bond donors (Lipinski definition) is 0. The predicted octanol–water partition coefficient (Wildman–Crippen LogP) is 4.30. The number of hydrogen-bond acceptors (Lipinski definition) is 2. The fourth-order valence-corrected chi connectivity index (χ4v) is 3.21. The quantitative estimate of drug-likeness (QED) is 0.775. The summed E-state index contributed by atoms with van der Waals surface area (Å²) in [5, 5.41) is 0. The summed E-state index contributed by atoms with van der Waals surface area (Å²) < 4.78 is 11.4. The van der Waals surface area contributed by atoms with E-state index in [4.69, 9.17) is 9.47 Å². The number of halogens is 1. The van der Waals surface area contributed by atoms with Crippen molar-refractivity contribution in [3.63, 3.8) is 0 Å². The molecule has 1 heterocycles. The van der Waals surface area contributed by atoms with Crippen LogP contribution in [-0.4, -0.2) is 18.0 Å². The smallest absolute Gasteiger partial charge is 0.161 e. The van der Waals surface area contributed by atoms with Crippen LogP contribution in [0.2, 0.25) is 0 Å². The SMILES string of the molecule is CC(Br)CC(C)(C)c1ccc2c(c1)OCCCO2. The first-order chi connectivity index (χ1) is 8.49. The molecular weight excluding hydrogens is 292 g/mol. The molecule has 0 amide bonds.